The molecular formula is C12H15N3. The first-order chi connectivity index (χ1) is 7.20. The van der Waals surface area contributed by atoms with Crippen LogP contribution in [0.2, 0.25) is 0 Å². The summed E-state index contributed by atoms with van der Waals surface area (Å²) in [5.74, 6) is 0.742. The highest BCUT2D eigenvalue weighted by Gasteiger charge is 2.11. The molecule has 1 atom stereocenters. The number of benzene rings is 1. The van der Waals surface area contributed by atoms with Crippen LogP contribution in [-0.4, -0.2) is 9.78 Å². The van der Waals surface area contributed by atoms with Gasteiger partial charge >= 0.3 is 0 Å². The summed E-state index contributed by atoms with van der Waals surface area (Å²) in [7, 11) is 0. The topological polar surface area (TPSA) is 43.8 Å². The molecule has 0 aliphatic carbocycles. The molecule has 15 heavy (non-hydrogen) atoms. The number of nitrogens with zero attached hydrogens (tertiary/aromatic N) is 2. The van der Waals surface area contributed by atoms with E-state index < -0.39 is 0 Å². The molecule has 0 amide bonds. The fourth-order valence-corrected chi connectivity index (χ4v) is 1.64. The van der Waals surface area contributed by atoms with Crippen LogP contribution in [0.4, 0.5) is 5.82 Å². The highest BCUT2D eigenvalue weighted by atomic mass is 15.3. The molecule has 0 spiro atoms. The van der Waals surface area contributed by atoms with Crippen molar-refractivity contribution in [2.45, 2.75) is 19.9 Å². The molecule has 1 unspecified atom stereocenters. The zero-order chi connectivity index (χ0) is 10.8. The Hall–Kier alpha value is -1.77. The van der Waals surface area contributed by atoms with E-state index in [-0.39, 0.29) is 6.04 Å². The number of hydrogen-bond donors (Lipinski definition) is 1. The molecule has 0 saturated carbocycles. The first kappa shape index (κ1) is 9.77. The lowest BCUT2D eigenvalue weighted by Gasteiger charge is -2.14. The van der Waals surface area contributed by atoms with Crippen LogP contribution in [0.15, 0.2) is 36.5 Å². The van der Waals surface area contributed by atoms with Crippen molar-refractivity contribution in [2.24, 2.45) is 0 Å². The van der Waals surface area contributed by atoms with E-state index in [4.69, 9.17) is 5.73 Å². The Bertz CT molecular complexity index is 445. The van der Waals surface area contributed by atoms with Crippen molar-refractivity contribution >= 4 is 5.82 Å². The second-order valence-electron chi connectivity index (χ2n) is 3.74. The van der Waals surface area contributed by atoms with Gasteiger partial charge in [0.05, 0.1) is 12.2 Å². The zero-order valence-electron chi connectivity index (χ0n) is 9.01. The highest BCUT2D eigenvalue weighted by Crippen LogP contribution is 2.21. The molecule has 0 aliphatic heterocycles. The second-order valence-corrected chi connectivity index (χ2v) is 3.74. The molecule has 1 aromatic carbocycles. The van der Waals surface area contributed by atoms with Crippen LogP contribution in [0, 0.1) is 6.92 Å². The van der Waals surface area contributed by atoms with Gasteiger partial charge in [0.25, 0.3) is 0 Å². The van der Waals surface area contributed by atoms with Crippen LogP contribution < -0.4 is 5.73 Å². The van der Waals surface area contributed by atoms with Crippen molar-refractivity contribution in [3.05, 3.63) is 47.7 Å². The summed E-state index contributed by atoms with van der Waals surface area (Å²) >= 11 is 0. The van der Waals surface area contributed by atoms with E-state index >= 15 is 0 Å². The average molecular weight is 201 g/mol. The Kier molecular flexibility index (Phi) is 2.46. The van der Waals surface area contributed by atoms with Crippen LogP contribution in [0.3, 0.4) is 0 Å². The molecule has 78 valence electrons. The van der Waals surface area contributed by atoms with Gasteiger partial charge in [-0.15, -0.1) is 0 Å². The van der Waals surface area contributed by atoms with Gasteiger partial charge in [0, 0.05) is 5.56 Å². The number of nitrogen functional groups attached to an aromatic ring is 1. The van der Waals surface area contributed by atoms with E-state index in [0.29, 0.717) is 0 Å². The van der Waals surface area contributed by atoms with Gasteiger partial charge in [-0.25, -0.2) is 4.68 Å². The molecule has 0 bridgehead atoms. The predicted molar refractivity (Wildman–Crippen MR) is 61.6 cm³/mol. The number of rotatable bonds is 2. The van der Waals surface area contributed by atoms with Crippen molar-refractivity contribution in [2.75, 3.05) is 5.73 Å². The van der Waals surface area contributed by atoms with Gasteiger partial charge in [-0.05, 0) is 19.4 Å². The third-order valence-corrected chi connectivity index (χ3v) is 2.68. The summed E-state index contributed by atoms with van der Waals surface area (Å²) in [5, 5.41) is 4.28. The molecule has 2 aromatic rings. The van der Waals surface area contributed by atoms with Crippen LogP contribution >= 0.6 is 0 Å². The third kappa shape index (κ3) is 1.73. The average Bonchev–Trinajstić information content (AvgIpc) is 2.60. The first-order valence-corrected chi connectivity index (χ1v) is 5.04. The summed E-state index contributed by atoms with van der Waals surface area (Å²) < 4.78 is 1.85. The van der Waals surface area contributed by atoms with Crippen molar-refractivity contribution < 1.29 is 0 Å². The second kappa shape index (κ2) is 3.77. The fourth-order valence-electron chi connectivity index (χ4n) is 1.64. The molecule has 3 heteroatoms. The normalized spacial score (nSPS) is 12.7. The fraction of sp³-hybridized carbons (Fsp3) is 0.250. The summed E-state index contributed by atoms with van der Waals surface area (Å²) in [6, 6.07) is 10.4. The van der Waals surface area contributed by atoms with Gasteiger partial charge in [0.1, 0.15) is 5.82 Å². The van der Waals surface area contributed by atoms with Gasteiger partial charge in [0.15, 0.2) is 0 Å². The van der Waals surface area contributed by atoms with Crippen LogP contribution in [-0.2, 0) is 0 Å². The Morgan fingerprint density at radius 1 is 1.27 bits per heavy atom. The Morgan fingerprint density at radius 3 is 2.47 bits per heavy atom. The Morgan fingerprint density at radius 2 is 1.93 bits per heavy atom. The largest absolute Gasteiger partial charge is 0.384 e. The standard InChI is InChI=1S/C12H15N3/c1-9-8-14-15(12(9)13)10(2)11-6-4-3-5-7-11/h3-8,10H,13H2,1-2H3. The van der Waals surface area contributed by atoms with Crippen molar-refractivity contribution in [1.29, 1.82) is 0 Å². The van der Waals surface area contributed by atoms with Gasteiger partial charge in [-0.1, -0.05) is 30.3 Å². The maximum Gasteiger partial charge on any atom is 0.125 e. The van der Waals surface area contributed by atoms with Crippen LogP contribution in [0.5, 0.6) is 0 Å². The summed E-state index contributed by atoms with van der Waals surface area (Å²) in [5.41, 5.74) is 8.18. The zero-order valence-corrected chi connectivity index (χ0v) is 9.01. The molecular weight excluding hydrogens is 186 g/mol. The number of aromatic nitrogens is 2. The van der Waals surface area contributed by atoms with E-state index in [2.05, 4.69) is 24.2 Å². The first-order valence-electron chi connectivity index (χ1n) is 5.04. The predicted octanol–water partition coefficient (Wildman–Crippen LogP) is 2.38. The van der Waals surface area contributed by atoms with Gasteiger partial charge in [-0.3, -0.25) is 0 Å². The van der Waals surface area contributed by atoms with Crippen LogP contribution in [0.25, 0.3) is 0 Å². The molecule has 0 fully saturated rings. The molecule has 1 aromatic heterocycles. The lowest BCUT2D eigenvalue weighted by molar-refractivity contribution is 0.573. The van der Waals surface area contributed by atoms with Gasteiger partial charge in [-0.2, -0.15) is 5.10 Å². The van der Waals surface area contributed by atoms with Crippen molar-refractivity contribution in [1.82, 2.24) is 9.78 Å². The quantitative estimate of drug-likeness (QED) is 0.810. The molecule has 0 saturated heterocycles. The molecule has 1 heterocycles. The number of hydrogen-bond acceptors (Lipinski definition) is 2. The van der Waals surface area contributed by atoms with Crippen LogP contribution in [0.1, 0.15) is 24.1 Å². The molecule has 0 aliphatic rings. The maximum absolute atomic E-state index is 5.94. The summed E-state index contributed by atoms with van der Waals surface area (Å²) in [4.78, 5) is 0. The third-order valence-electron chi connectivity index (χ3n) is 2.68. The number of anilines is 1. The molecule has 2 N–H and O–H groups in total. The van der Waals surface area contributed by atoms with E-state index in [1.54, 1.807) is 6.20 Å². The van der Waals surface area contributed by atoms with Gasteiger partial charge < -0.3 is 5.73 Å². The minimum atomic E-state index is 0.180. The lowest BCUT2D eigenvalue weighted by atomic mass is 10.1. The van der Waals surface area contributed by atoms with Gasteiger partial charge in [0.2, 0.25) is 0 Å². The minimum Gasteiger partial charge on any atom is -0.384 e. The molecule has 2 rings (SSSR count). The molecule has 3 nitrogen and oxygen atoms in total. The lowest BCUT2D eigenvalue weighted by Crippen LogP contribution is -2.11. The maximum atomic E-state index is 5.94. The van der Waals surface area contributed by atoms with E-state index in [1.165, 1.54) is 5.56 Å². The number of aryl methyl sites for hydroxylation is 1. The van der Waals surface area contributed by atoms with Crippen molar-refractivity contribution in [3.63, 3.8) is 0 Å². The van der Waals surface area contributed by atoms with E-state index in [9.17, 15) is 0 Å². The summed E-state index contributed by atoms with van der Waals surface area (Å²) in [6.45, 7) is 4.06. The number of nitrogens with two attached hydrogens (primary N) is 1. The SMILES string of the molecule is Cc1cnn(C(C)c2ccccc2)c1N. The van der Waals surface area contributed by atoms with E-state index in [0.717, 1.165) is 11.4 Å². The van der Waals surface area contributed by atoms with E-state index in [1.807, 2.05) is 29.8 Å². The minimum absolute atomic E-state index is 0.180. The highest BCUT2D eigenvalue weighted by molar-refractivity contribution is 5.39. The monoisotopic (exact) mass is 201 g/mol. The Labute approximate surface area is 89.5 Å². The Balaban J connectivity index is 2.37. The van der Waals surface area contributed by atoms with Crippen molar-refractivity contribution in [3.8, 4) is 0 Å². The smallest absolute Gasteiger partial charge is 0.125 e. The molecule has 0 radical (unpaired) electrons. The summed E-state index contributed by atoms with van der Waals surface area (Å²) in [6.07, 6.45) is 1.80.